The van der Waals surface area contributed by atoms with E-state index in [4.69, 9.17) is 4.98 Å². The van der Waals surface area contributed by atoms with Gasteiger partial charge in [0.15, 0.2) is 5.82 Å². The van der Waals surface area contributed by atoms with Crippen LogP contribution in [0.2, 0.25) is 0 Å². The maximum Gasteiger partial charge on any atom is 0.159 e. The number of aryl methyl sites for hydroxylation is 1. The van der Waals surface area contributed by atoms with Gasteiger partial charge in [0.2, 0.25) is 0 Å². The van der Waals surface area contributed by atoms with Crippen molar-refractivity contribution in [1.82, 2.24) is 9.97 Å². The van der Waals surface area contributed by atoms with Crippen LogP contribution < -0.4 is 0 Å². The molecule has 0 N–H and O–H groups in total. The molecule has 19 heavy (non-hydrogen) atoms. The first-order valence-corrected chi connectivity index (χ1v) is 6.72. The van der Waals surface area contributed by atoms with Gasteiger partial charge in [-0.25, -0.2) is 9.97 Å². The summed E-state index contributed by atoms with van der Waals surface area (Å²) in [5.74, 6) is 1.38. The highest BCUT2D eigenvalue weighted by molar-refractivity contribution is 5.56. The molecule has 0 spiro atoms. The lowest BCUT2D eigenvalue weighted by atomic mass is 9.99. The normalized spacial score (nSPS) is 17.3. The average molecular weight is 250 g/mol. The van der Waals surface area contributed by atoms with E-state index in [-0.39, 0.29) is 0 Å². The number of nitrogens with zero attached hydrogens (tertiary/aromatic N) is 2. The van der Waals surface area contributed by atoms with Crippen molar-refractivity contribution in [1.29, 1.82) is 0 Å². The number of benzene rings is 1. The van der Waals surface area contributed by atoms with Crippen molar-refractivity contribution < 1.29 is 0 Å². The second-order valence-electron chi connectivity index (χ2n) is 5.38. The topological polar surface area (TPSA) is 25.8 Å². The maximum absolute atomic E-state index is 4.76. The Morgan fingerprint density at radius 1 is 1.16 bits per heavy atom. The van der Waals surface area contributed by atoms with Crippen LogP contribution in [0, 0.1) is 12.8 Å². The summed E-state index contributed by atoms with van der Waals surface area (Å²) in [6.45, 7) is 8.28. The highest BCUT2D eigenvalue weighted by atomic mass is 14.9. The number of rotatable bonds is 2. The number of allylic oxidation sites excluding steroid dienone is 1. The van der Waals surface area contributed by atoms with Gasteiger partial charge < -0.3 is 0 Å². The second kappa shape index (κ2) is 4.61. The smallest absolute Gasteiger partial charge is 0.159 e. The monoisotopic (exact) mass is 250 g/mol. The largest absolute Gasteiger partial charge is 0.233 e. The van der Waals surface area contributed by atoms with E-state index < -0.39 is 0 Å². The van der Waals surface area contributed by atoms with Crippen LogP contribution in [-0.2, 0) is 12.8 Å². The molecular weight excluding hydrogens is 232 g/mol. The van der Waals surface area contributed by atoms with E-state index in [1.54, 1.807) is 0 Å². The molecule has 1 aromatic heterocycles. The fourth-order valence-electron chi connectivity index (χ4n) is 2.71. The highest BCUT2D eigenvalue weighted by Gasteiger charge is 2.26. The SMILES string of the molecule is C=C(C)C1Cc2nc(-c3ccccc3)nc(C)c2C1. The first-order chi connectivity index (χ1) is 9.15. The Labute approximate surface area is 114 Å². The molecule has 2 heteroatoms. The molecule has 1 atom stereocenters. The Kier molecular flexibility index (Phi) is 2.94. The Morgan fingerprint density at radius 3 is 2.58 bits per heavy atom. The van der Waals surface area contributed by atoms with E-state index in [0.717, 1.165) is 29.9 Å². The minimum absolute atomic E-state index is 0.536. The number of fused-ring (bicyclic) bond motifs is 1. The standard InChI is InChI=1S/C17H18N2/c1-11(2)14-9-15-12(3)18-17(19-16(15)10-14)13-7-5-4-6-8-13/h4-8,14H,1,9-10H2,2-3H3. The van der Waals surface area contributed by atoms with Gasteiger partial charge in [-0.3, -0.25) is 0 Å². The summed E-state index contributed by atoms with van der Waals surface area (Å²) < 4.78 is 0. The van der Waals surface area contributed by atoms with Gasteiger partial charge in [-0.2, -0.15) is 0 Å². The van der Waals surface area contributed by atoms with Crippen LogP contribution in [0.1, 0.15) is 23.9 Å². The van der Waals surface area contributed by atoms with Crippen molar-refractivity contribution in [2.45, 2.75) is 26.7 Å². The zero-order chi connectivity index (χ0) is 13.4. The van der Waals surface area contributed by atoms with Crippen molar-refractivity contribution >= 4 is 0 Å². The summed E-state index contributed by atoms with van der Waals surface area (Å²) in [4.78, 5) is 9.43. The fraction of sp³-hybridized carbons (Fsp3) is 0.294. The van der Waals surface area contributed by atoms with Gasteiger partial charge in [0.1, 0.15) is 0 Å². The third-order valence-corrected chi connectivity index (χ3v) is 3.92. The minimum atomic E-state index is 0.536. The van der Waals surface area contributed by atoms with E-state index in [2.05, 4.69) is 37.5 Å². The fourth-order valence-corrected chi connectivity index (χ4v) is 2.71. The molecule has 2 aromatic rings. The second-order valence-corrected chi connectivity index (χ2v) is 5.38. The number of hydrogen-bond donors (Lipinski definition) is 0. The molecule has 1 aliphatic rings. The molecule has 0 saturated heterocycles. The molecule has 0 saturated carbocycles. The quantitative estimate of drug-likeness (QED) is 0.759. The van der Waals surface area contributed by atoms with Crippen molar-refractivity contribution in [3.63, 3.8) is 0 Å². The predicted octanol–water partition coefficient (Wildman–Crippen LogP) is 3.74. The third-order valence-electron chi connectivity index (χ3n) is 3.92. The van der Waals surface area contributed by atoms with Crippen LogP contribution in [0.5, 0.6) is 0 Å². The summed E-state index contributed by atoms with van der Waals surface area (Å²) >= 11 is 0. The Morgan fingerprint density at radius 2 is 1.89 bits per heavy atom. The molecule has 96 valence electrons. The first-order valence-electron chi connectivity index (χ1n) is 6.72. The number of hydrogen-bond acceptors (Lipinski definition) is 2. The average Bonchev–Trinajstić information content (AvgIpc) is 2.84. The van der Waals surface area contributed by atoms with E-state index in [0.29, 0.717) is 5.92 Å². The summed E-state index contributed by atoms with van der Waals surface area (Å²) in [6, 6.07) is 10.2. The van der Waals surface area contributed by atoms with E-state index in [1.807, 2.05) is 18.2 Å². The summed E-state index contributed by atoms with van der Waals surface area (Å²) in [7, 11) is 0. The molecule has 1 unspecified atom stereocenters. The van der Waals surface area contributed by atoms with Gasteiger partial charge in [0, 0.05) is 17.0 Å². The molecule has 0 radical (unpaired) electrons. The van der Waals surface area contributed by atoms with E-state index in [1.165, 1.54) is 16.8 Å². The first kappa shape index (κ1) is 12.1. The molecule has 0 bridgehead atoms. The Balaban J connectivity index is 2.03. The zero-order valence-electron chi connectivity index (χ0n) is 11.5. The molecule has 3 rings (SSSR count). The Bertz CT molecular complexity index is 629. The van der Waals surface area contributed by atoms with Crippen molar-refractivity contribution in [3.8, 4) is 11.4 Å². The van der Waals surface area contributed by atoms with E-state index in [9.17, 15) is 0 Å². The summed E-state index contributed by atoms with van der Waals surface area (Å²) in [5, 5.41) is 0. The lowest BCUT2D eigenvalue weighted by Gasteiger charge is -2.06. The van der Waals surface area contributed by atoms with Crippen LogP contribution in [0.25, 0.3) is 11.4 Å². The molecule has 1 aliphatic carbocycles. The van der Waals surface area contributed by atoms with Gasteiger partial charge in [0.25, 0.3) is 0 Å². The summed E-state index contributed by atoms with van der Waals surface area (Å²) in [5.41, 5.74) is 5.99. The highest BCUT2D eigenvalue weighted by Crippen LogP contribution is 2.32. The van der Waals surface area contributed by atoms with Crippen LogP contribution in [-0.4, -0.2) is 9.97 Å². The molecule has 0 fully saturated rings. The van der Waals surface area contributed by atoms with Gasteiger partial charge >= 0.3 is 0 Å². The van der Waals surface area contributed by atoms with Crippen molar-refractivity contribution in [2.24, 2.45) is 5.92 Å². The van der Waals surface area contributed by atoms with Crippen molar-refractivity contribution in [2.75, 3.05) is 0 Å². The Hall–Kier alpha value is -1.96. The van der Waals surface area contributed by atoms with Crippen molar-refractivity contribution in [3.05, 3.63) is 59.4 Å². The van der Waals surface area contributed by atoms with Gasteiger partial charge in [-0.15, -0.1) is 0 Å². The minimum Gasteiger partial charge on any atom is -0.233 e. The summed E-state index contributed by atoms with van der Waals surface area (Å²) in [6.07, 6.45) is 2.05. The lowest BCUT2D eigenvalue weighted by Crippen LogP contribution is -1.99. The molecule has 0 aliphatic heterocycles. The molecule has 1 heterocycles. The third kappa shape index (κ3) is 2.19. The van der Waals surface area contributed by atoms with Crippen LogP contribution in [0.4, 0.5) is 0 Å². The molecule has 0 amide bonds. The van der Waals surface area contributed by atoms with Gasteiger partial charge in [0.05, 0.1) is 0 Å². The van der Waals surface area contributed by atoms with Gasteiger partial charge in [-0.1, -0.05) is 42.5 Å². The zero-order valence-corrected chi connectivity index (χ0v) is 11.5. The van der Waals surface area contributed by atoms with Crippen LogP contribution in [0.3, 0.4) is 0 Å². The molecular formula is C17H18N2. The maximum atomic E-state index is 4.76. The molecule has 2 nitrogen and oxygen atoms in total. The lowest BCUT2D eigenvalue weighted by molar-refractivity contribution is 0.656. The number of aromatic nitrogens is 2. The predicted molar refractivity (Wildman–Crippen MR) is 77.9 cm³/mol. The van der Waals surface area contributed by atoms with Gasteiger partial charge in [-0.05, 0) is 38.2 Å². The van der Waals surface area contributed by atoms with Crippen LogP contribution in [0.15, 0.2) is 42.5 Å². The van der Waals surface area contributed by atoms with Crippen LogP contribution >= 0.6 is 0 Å². The molecule has 1 aromatic carbocycles. The van der Waals surface area contributed by atoms with E-state index >= 15 is 0 Å².